The highest BCUT2D eigenvalue weighted by atomic mass is 32.1. The van der Waals surface area contributed by atoms with Gasteiger partial charge in [-0.15, -0.1) is 11.3 Å². The van der Waals surface area contributed by atoms with Crippen molar-refractivity contribution in [3.05, 3.63) is 16.8 Å². The Hall–Kier alpha value is -2.02. The predicted octanol–water partition coefficient (Wildman–Crippen LogP) is 2.66. The number of ketones is 1. The highest BCUT2D eigenvalue weighted by Gasteiger charge is 2.28. The third-order valence-electron chi connectivity index (χ3n) is 4.49. The Labute approximate surface area is 144 Å². The van der Waals surface area contributed by atoms with Crippen LogP contribution in [0, 0.1) is 19.8 Å². The standard InChI is InChI=1S/C17H21N3O3S/c1-10(21)8-23-17(22)13-4-6-20(7-5-13)15-14-11(2)12(3)24-16(14)19-9-18-15/h9,13H,4-8H2,1-3H3. The van der Waals surface area contributed by atoms with Crippen LogP contribution < -0.4 is 4.90 Å². The molecule has 24 heavy (non-hydrogen) atoms. The van der Waals surface area contributed by atoms with Gasteiger partial charge in [-0.3, -0.25) is 9.59 Å². The van der Waals surface area contributed by atoms with Crippen molar-refractivity contribution in [3.8, 4) is 0 Å². The molecule has 1 aliphatic heterocycles. The number of rotatable bonds is 4. The number of anilines is 1. The highest BCUT2D eigenvalue weighted by Crippen LogP contribution is 2.35. The van der Waals surface area contributed by atoms with Gasteiger partial charge in [-0.2, -0.15) is 0 Å². The zero-order valence-electron chi connectivity index (χ0n) is 14.2. The van der Waals surface area contributed by atoms with Crippen molar-refractivity contribution < 1.29 is 14.3 Å². The number of carbonyl (C=O) groups is 2. The number of thiophene rings is 1. The van der Waals surface area contributed by atoms with Gasteiger partial charge in [-0.25, -0.2) is 9.97 Å². The Balaban J connectivity index is 1.71. The summed E-state index contributed by atoms with van der Waals surface area (Å²) in [5.41, 5.74) is 1.23. The van der Waals surface area contributed by atoms with Gasteiger partial charge in [-0.1, -0.05) is 0 Å². The maximum absolute atomic E-state index is 12.0. The lowest BCUT2D eigenvalue weighted by atomic mass is 9.97. The molecule has 3 heterocycles. The molecule has 0 radical (unpaired) electrons. The number of aryl methyl sites for hydroxylation is 2. The van der Waals surface area contributed by atoms with Gasteiger partial charge in [0.2, 0.25) is 0 Å². The average molecular weight is 347 g/mol. The molecule has 2 aromatic heterocycles. The Morgan fingerprint density at radius 1 is 1.29 bits per heavy atom. The van der Waals surface area contributed by atoms with E-state index in [1.54, 1.807) is 17.7 Å². The first-order valence-electron chi connectivity index (χ1n) is 8.09. The molecule has 0 atom stereocenters. The molecule has 1 saturated heterocycles. The fraction of sp³-hybridized carbons (Fsp3) is 0.529. The van der Waals surface area contributed by atoms with E-state index in [1.165, 1.54) is 17.4 Å². The number of hydrogen-bond acceptors (Lipinski definition) is 7. The van der Waals surface area contributed by atoms with Gasteiger partial charge in [0.05, 0.1) is 11.3 Å². The molecule has 128 valence electrons. The molecule has 0 unspecified atom stereocenters. The highest BCUT2D eigenvalue weighted by molar-refractivity contribution is 7.18. The van der Waals surface area contributed by atoms with E-state index in [4.69, 9.17) is 4.74 Å². The number of hydrogen-bond donors (Lipinski definition) is 0. The number of esters is 1. The van der Waals surface area contributed by atoms with Crippen molar-refractivity contribution in [1.82, 2.24) is 9.97 Å². The number of aromatic nitrogens is 2. The fourth-order valence-electron chi connectivity index (χ4n) is 3.02. The maximum Gasteiger partial charge on any atom is 0.309 e. The second-order valence-electron chi connectivity index (χ2n) is 6.23. The predicted molar refractivity (Wildman–Crippen MR) is 93.5 cm³/mol. The Kier molecular flexibility index (Phi) is 4.80. The maximum atomic E-state index is 12.0. The van der Waals surface area contributed by atoms with Crippen LogP contribution in [0.25, 0.3) is 10.2 Å². The van der Waals surface area contributed by atoms with Crippen molar-refractivity contribution in [2.24, 2.45) is 5.92 Å². The Bertz CT molecular complexity index is 779. The molecular formula is C17H21N3O3S. The number of fused-ring (bicyclic) bond motifs is 1. The minimum atomic E-state index is -0.264. The SMILES string of the molecule is CC(=O)COC(=O)C1CCN(c2ncnc3sc(C)c(C)c23)CC1. The second-order valence-corrected chi connectivity index (χ2v) is 7.43. The third kappa shape index (κ3) is 3.26. The number of ether oxygens (including phenoxy) is 1. The summed E-state index contributed by atoms with van der Waals surface area (Å²) in [4.78, 5) is 36.3. The molecule has 0 aromatic carbocycles. The third-order valence-corrected chi connectivity index (χ3v) is 5.61. The lowest BCUT2D eigenvalue weighted by Gasteiger charge is -2.32. The molecule has 0 saturated carbocycles. The van der Waals surface area contributed by atoms with E-state index in [1.807, 2.05) is 0 Å². The molecule has 0 amide bonds. The summed E-state index contributed by atoms with van der Waals surface area (Å²) in [6.07, 6.45) is 3.04. The van der Waals surface area contributed by atoms with E-state index in [0.717, 1.165) is 29.1 Å². The monoisotopic (exact) mass is 347 g/mol. The van der Waals surface area contributed by atoms with Crippen LogP contribution in [0.3, 0.4) is 0 Å². The number of piperidine rings is 1. The zero-order chi connectivity index (χ0) is 17.3. The van der Waals surface area contributed by atoms with Gasteiger partial charge < -0.3 is 9.64 Å². The second kappa shape index (κ2) is 6.84. The molecular weight excluding hydrogens is 326 g/mol. The van der Waals surface area contributed by atoms with Crippen molar-refractivity contribution in [2.45, 2.75) is 33.6 Å². The largest absolute Gasteiger partial charge is 0.457 e. The van der Waals surface area contributed by atoms with E-state index in [0.29, 0.717) is 12.8 Å². The molecule has 1 fully saturated rings. The van der Waals surface area contributed by atoms with Gasteiger partial charge in [0.25, 0.3) is 0 Å². The summed E-state index contributed by atoms with van der Waals surface area (Å²) < 4.78 is 5.05. The summed E-state index contributed by atoms with van der Waals surface area (Å²) >= 11 is 1.69. The summed E-state index contributed by atoms with van der Waals surface area (Å²) in [5, 5.41) is 1.12. The van der Waals surface area contributed by atoms with Crippen LogP contribution in [-0.4, -0.2) is 41.4 Å². The Morgan fingerprint density at radius 3 is 2.67 bits per heavy atom. The molecule has 0 bridgehead atoms. The van der Waals surface area contributed by atoms with E-state index in [2.05, 4.69) is 28.7 Å². The lowest BCUT2D eigenvalue weighted by Crippen LogP contribution is -2.37. The molecule has 6 nitrogen and oxygen atoms in total. The van der Waals surface area contributed by atoms with E-state index in [-0.39, 0.29) is 24.3 Å². The quantitative estimate of drug-likeness (QED) is 0.792. The minimum absolute atomic E-state index is 0.126. The summed E-state index contributed by atoms with van der Waals surface area (Å²) in [6.45, 7) is 7.00. The lowest BCUT2D eigenvalue weighted by molar-refractivity contribution is -0.152. The van der Waals surface area contributed by atoms with E-state index in [9.17, 15) is 9.59 Å². The number of carbonyl (C=O) groups excluding carboxylic acids is 2. The van der Waals surface area contributed by atoms with E-state index >= 15 is 0 Å². The van der Waals surface area contributed by atoms with Crippen molar-refractivity contribution >= 4 is 39.1 Å². The van der Waals surface area contributed by atoms with E-state index < -0.39 is 0 Å². The van der Waals surface area contributed by atoms with Crippen molar-refractivity contribution in [2.75, 3.05) is 24.6 Å². The van der Waals surface area contributed by atoms with Gasteiger partial charge in [-0.05, 0) is 39.2 Å². The first kappa shape index (κ1) is 16.8. The van der Waals surface area contributed by atoms with Crippen molar-refractivity contribution in [3.63, 3.8) is 0 Å². The van der Waals surface area contributed by atoms with Crippen LogP contribution in [0.2, 0.25) is 0 Å². The molecule has 7 heteroatoms. The van der Waals surface area contributed by atoms with Crippen LogP contribution in [0.5, 0.6) is 0 Å². The topological polar surface area (TPSA) is 72.4 Å². The average Bonchev–Trinajstić information content (AvgIpc) is 2.87. The summed E-state index contributed by atoms with van der Waals surface area (Å²) in [5.74, 6) is 0.424. The smallest absolute Gasteiger partial charge is 0.309 e. The zero-order valence-corrected chi connectivity index (χ0v) is 15.0. The summed E-state index contributed by atoms with van der Waals surface area (Å²) in [7, 11) is 0. The number of nitrogens with zero attached hydrogens (tertiary/aromatic N) is 3. The van der Waals surface area contributed by atoms with Crippen molar-refractivity contribution in [1.29, 1.82) is 0 Å². The first-order valence-corrected chi connectivity index (χ1v) is 8.90. The fourth-order valence-corrected chi connectivity index (χ4v) is 4.01. The van der Waals surface area contributed by atoms with Gasteiger partial charge in [0.15, 0.2) is 5.78 Å². The van der Waals surface area contributed by atoms with Gasteiger partial charge >= 0.3 is 5.97 Å². The van der Waals surface area contributed by atoms with Crippen LogP contribution >= 0.6 is 11.3 Å². The first-order chi connectivity index (χ1) is 11.5. The van der Waals surface area contributed by atoms with Crippen LogP contribution in [0.4, 0.5) is 5.82 Å². The molecule has 2 aromatic rings. The van der Waals surface area contributed by atoms with Crippen LogP contribution in [-0.2, 0) is 14.3 Å². The molecule has 0 N–H and O–H groups in total. The summed E-state index contributed by atoms with van der Waals surface area (Å²) in [6, 6.07) is 0. The van der Waals surface area contributed by atoms with Gasteiger partial charge in [0.1, 0.15) is 23.6 Å². The number of Topliss-reactive ketones (excluding diaryl/α,β-unsaturated/α-hetero) is 1. The van der Waals surface area contributed by atoms with Crippen LogP contribution in [0.15, 0.2) is 6.33 Å². The Morgan fingerprint density at radius 2 is 2.00 bits per heavy atom. The normalized spacial score (nSPS) is 15.7. The van der Waals surface area contributed by atoms with Crippen LogP contribution in [0.1, 0.15) is 30.2 Å². The van der Waals surface area contributed by atoms with Gasteiger partial charge in [0, 0.05) is 18.0 Å². The molecule has 0 spiro atoms. The molecule has 0 aliphatic carbocycles. The molecule has 1 aliphatic rings. The minimum Gasteiger partial charge on any atom is -0.457 e. The molecule has 3 rings (SSSR count).